The fourth-order valence-electron chi connectivity index (χ4n) is 2.13. The monoisotopic (exact) mass is 446 g/mol. The number of hydrogen-bond acceptors (Lipinski definition) is 7. The fraction of sp³-hybridized carbons (Fsp3) is 0.294. The topological polar surface area (TPSA) is 93.2 Å². The van der Waals surface area contributed by atoms with Gasteiger partial charge in [-0.05, 0) is 40.6 Å². The van der Waals surface area contributed by atoms with E-state index in [1.165, 1.54) is 42.5 Å². The number of likely N-dealkylation sites (N-methyl/N-ethyl adjacent to an activating group) is 1. The third-order valence-electron chi connectivity index (χ3n) is 3.79. The second-order valence-electron chi connectivity index (χ2n) is 5.70. The quantitative estimate of drug-likeness (QED) is 0.456. The summed E-state index contributed by atoms with van der Waals surface area (Å²) in [5, 5.41) is 3.75. The molecule has 1 aromatic heterocycles. The number of thiophene rings is 1. The third kappa shape index (κ3) is 5.30. The maximum atomic E-state index is 12.4. The molecular weight excluding hydrogens is 428 g/mol. The summed E-state index contributed by atoms with van der Waals surface area (Å²) in [4.78, 5) is 30.2. The van der Waals surface area contributed by atoms with Crippen molar-refractivity contribution in [3.63, 3.8) is 0 Å². The Hall–Kier alpha value is -1.98. The van der Waals surface area contributed by atoms with Crippen LogP contribution >= 0.6 is 22.9 Å². The van der Waals surface area contributed by atoms with Gasteiger partial charge in [-0.3, -0.25) is 9.63 Å². The number of carbonyl (C=O) groups excluding carboxylic acids is 2. The maximum Gasteiger partial charge on any atom is 0.338 e. The molecule has 0 aliphatic carbocycles. The Morgan fingerprint density at radius 2 is 1.93 bits per heavy atom. The van der Waals surface area contributed by atoms with Gasteiger partial charge in [0.25, 0.3) is 15.9 Å². The molecule has 152 valence electrons. The molecule has 8 nitrogen and oxygen atoms in total. The van der Waals surface area contributed by atoms with Gasteiger partial charge < -0.3 is 9.64 Å². The average Bonchev–Trinajstić information content (AvgIpc) is 3.18. The zero-order valence-electron chi connectivity index (χ0n) is 15.4. The second kappa shape index (κ2) is 9.48. The largest absolute Gasteiger partial charge is 0.452 e. The first-order valence-electron chi connectivity index (χ1n) is 7.91. The van der Waals surface area contributed by atoms with Gasteiger partial charge in [0.05, 0.1) is 17.7 Å². The Labute approximate surface area is 172 Å². The van der Waals surface area contributed by atoms with Gasteiger partial charge in [-0.25, -0.2) is 13.2 Å². The lowest BCUT2D eigenvalue weighted by Gasteiger charge is -2.17. The highest BCUT2D eigenvalue weighted by Crippen LogP contribution is 2.25. The Kier molecular flexibility index (Phi) is 7.55. The van der Waals surface area contributed by atoms with Crippen molar-refractivity contribution in [2.24, 2.45) is 0 Å². The van der Waals surface area contributed by atoms with Crippen LogP contribution in [0.5, 0.6) is 0 Å². The molecule has 0 bridgehead atoms. The first kappa shape index (κ1) is 22.3. The Balaban J connectivity index is 2.06. The van der Waals surface area contributed by atoms with Crippen molar-refractivity contribution in [1.29, 1.82) is 0 Å². The molecule has 0 radical (unpaired) electrons. The molecule has 0 spiro atoms. The van der Waals surface area contributed by atoms with E-state index in [1.807, 2.05) is 16.8 Å². The fourth-order valence-corrected chi connectivity index (χ4v) is 4.26. The van der Waals surface area contributed by atoms with E-state index < -0.39 is 22.6 Å². The molecule has 11 heteroatoms. The molecule has 0 fully saturated rings. The molecule has 1 heterocycles. The van der Waals surface area contributed by atoms with Gasteiger partial charge in [0.1, 0.15) is 4.90 Å². The normalized spacial score (nSPS) is 11.5. The van der Waals surface area contributed by atoms with Crippen LogP contribution in [0.2, 0.25) is 5.02 Å². The highest BCUT2D eigenvalue weighted by atomic mass is 35.5. The Morgan fingerprint density at radius 1 is 1.21 bits per heavy atom. The molecule has 1 aromatic carbocycles. The summed E-state index contributed by atoms with van der Waals surface area (Å²) in [6.07, 6.45) is 0. The van der Waals surface area contributed by atoms with E-state index in [0.717, 1.165) is 11.6 Å². The van der Waals surface area contributed by atoms with E-state index in [9.17, 15) is 18.0 Å². The van der Waals surface area contributed by atoms with Gasteiger partial charge >= 0.3 is 5.97 Å². The van der Waals surface area contributed by atoms with Crippen LogP contribution in [-0.2, 0) is 30.9 Å². The molecule has 0 N–H and O–H groups in total. The molecule has 28 heavy (non-hydrogen) atoms. The van der Waals surface area contributed by atoms with Crippen LogP contribution in [0.4, 0.5) is 0 Å². The van der Waals surface area contributed by atoms with Gasteiger partial charge in [0.15, 0.2) is 6.61 Å². The minimum Gasteiger partial charge on any atom is -0.452 e. The van der Waals surface area contributed by atoms with Crippen molar-refractivity contribution in [3.05, 3.63) is 51.2 Å². The first-order chi connectivity index (χ1) is 13.2. The van der Waals surface area contributed by atoms with Crippen LogP contribution in [-0.4, -0.2) is 57.5 Å². The van der Waals surface area contributed by atoms with E-state index >= 15 is 0 Å². The number of benzene rings is 1. The molecule has 0 aliphatic rings. The van der Waals surface area contributed by atoms with Crippen LogP contribution in [0.1, 0.15) is 15.9 Å². The number of esters is 1. The maximum absolute atomic E-state index is 12.4. The van der Waals surface area contributed by atoms with Gasteiger partial charge in [-0.15, -0.1) is 0 Å². The number of hydroxylamine groups is 1. The lowest BCUT2D eigenvalue weighted by molar-refractivity contribution is -0.133. The standard InChI is InChI=1S/C17H19ClN2O6S2/c1-19(9-12-6-7-27-11-12)16(21)10-26-17(22)13-4-5-14(18)15(8-13)28(23,24)20(2)25-3/h4-8,11H,9-10H2,1-3H3. The first-order valence-corrected chi connectivity index (χ1v) is 10.7. The van der Waals surface area contributed by atoms with Crippen LogP contribution in [0.15, 0.2) is 39.9 Å². The smallest absolute Gasteiger partial charge is 0.338 e. The van der Waals surface area contributed by atoms with Gasteiger partial charge in [0, 0.05) is 20.6 Å². The molecule has 0 saturated heterocycles. The predicted molar refractivity (Wildman–Crippen MR) is 104 cm³/mol. The minimum absolute atomic E-state index is 0.0548. The Bertz CT molecular complexity index is 947. The summed E-state index contributed by atoms with van der Waals surface area (Å²) in [6, 6.07) is 5.55. The number of sulfonamides is 1. The molecule has 0 unspecified atom stereocenters. The molecule has 0 aliphatic heterocycles. The molecule has 1 amide bonds. The van der Waals surface area contributed by atoms with Crippen molar-refractivity contribution in [1.82, 2.24) is 9.37 Å². The number of ether oxygens (including phenoxy) is 1. The van der Waals surface area contributed by atoms with E-state index in [-0.39, 0.29) is 21.4 Å². The van der Waals surface area contributed by atoms with Gasteiger partial charge in [-0.1, -0.05) is 16.1 Å². The van der Waals surface area contributed by atoms with Crippen molar-refractivity contribution >= 4 is 44.8 Å². The highest BCUT2D eigenvalue weighted by molar-refractivity contribution is 7.89. The zero-order valence-corrected chi connectivity index (χ0v) is 17.8. The number of nitrogens with zero attached hydrogens (tertiary/aromatic N) is 2. The van der Waals surface area contributed by atoms with Crippen LogP contribution in [0.3, 0.4) is 0 Å². The zero-order chi connectivity index (χ0) is 20.9. The summed E-state index contributed by atoms with van der Waals surface area (Å²) < 4.78 is 30.4. The van der Waals surface area contributed by atoms with Crippen molar-refractivity contribution in [2.45, 2.75) is 11.4 Å². The summed E-state index contributed by atoms with van der Waals surface area (Å²) >= 11 is 7.47. The van der Waals surface area contributed by atoms with Crippen molar-refractivity contribution in [3.8, 4) is 0 Å². The second-order valence-corrected chi connectivity index (χ2v) is 8.79. The number of amides is 1. The molecular formula is C17H19ClN2O6S2. The highest BCUT2D eigenvalue weighted by Gasteiger charge is 2.25. The molecule has 2 rings (SSSR count). The number of carbonyl (C=O) groups is 2. The number of rotatable bonds is 8. The van der Waals surface area contributed by atoms with Crippen LogP contribution < -0.4 is 0 Å². The van der Waals surface area contributed by atoms with E-state index in [2.05, 4.69) is 0 Å². The van der Waals surface area contributed by atoms with Crippen molar-refractivity contribution < 1.29 is 27.6 Å². The van der Waals surface area contributed by atoms with E-state index in [4.69, 9.17) is 21.2 Å². The molecule has 0 atom stereocenters. The summed E-state index contributed by atoms with van der Waals surface area (Å²) in [6.45, 7) is -0.0747. The minimum atomic E-state index is -4.05. The van der Waals surface area contributed by atoms with Crippen molar-refractivity contribution in [2.75, 3.05) is 27.8 Å². The molecule has 2 aromatic rings. The lowest BCUT2D eigenvalue weighted by Crippen LogP contribution is -2.30. The average molecular weight is 447 g/mol. The predicted octanol–water partition coefficient (Wildman–Crippen LogP) is 2.40. The third-order valence-corrected chi connectivity index (χ3v) is 6.69. The Morgan fingerprint density at radius 3 is 2.54 bits per heavy atom. The molecule has 0 saturated carbocycles. The van der Waals surface area contributed by atoms with Crippen LogP contribution in [0.25, 0.3) is 0 Å². The summed E-state index contributed by atoms with van der Waals surface area (Å²) in [7, 11) is -0.0783. The summed E-state index contributed by atoms with van der Waals surface area (Å²) in [5.41, 5.74) is 0.919. The lowest BCUT2D eigenvalue weighted by atomic mass is 10.2. The van der Waals surface area contributed by atoms with Crippen LogP contribution in [0, 0.1) is 0 Å². The number of halogens is 1. The SMILES string of the molecule is CON(C)S(=O)(=O)c1cc(C(=O)OCC(=O)N(C)Cc2ccsc2)ccc1Cl. The van der Waals surface area contributed by atoms with Gasteiger partial charge in [0.2, 0.25) is 0 Å². The van der Waals surface area contributed by atoms with E-state index in [0.29, 0.717) is 11.0 Å². The summed E-state index contributed by atoms with van der Waals surface area (Å²) in [5.74, 6) is -1.23. The van der Waals surface area contributed by atoms with E-state index in [1.54, 1.807) is 7.05 Å². The number of hydrogen-bond donors (Lipinski definition) is 0. The van der Waals surface area contributed by atoms with Gasteiger partial charge in [-0.2, -0.15) is 11.3 Å².